The van der Waals surface area contributed by atoms with Gasteiger partial charge in [0.2, 0.25) is 5.95 Å². The molecule has 0 aliphatic carbocycles. The van der Waals surface area contributed by atoms with Crippen LogP contribution in [0.5, 0.6) is 0 Å². The van der Waals surface area contributed by atoms with E-state index in [1.54, 1.807) is 0 Å². The van der Waals surface area contributed by atoms with Crippen LogP contribution < -0.4 is 0 Å². The van der Waals surface area contributed by atoms with Crippen molar-refractivity contribution in [1.29, 1.82) is 0 Å². The summed E-state index contributed by atoms with van der Waals surface area (Å²) in [5.74, 6) is 1.26. The van der Waals surface area contributed by atoms with Gasteiger partial charge in [0, 0.05) is 56.0 Å². The van der Waals surface area contributed by atoms with Crippen LogP contribution in [0, 0.1) is 0 Å². The minimum Gasteiger partial charge on any atom is -0.307 e. The molecule has 0 atom stereocenters. The summed E-state index contributed by atoms with van der Waals surface area (Å²) in [5, 5.41) is 8.75. The summed E-state index contributed by atoms with van der Waals surface area (Å²) >= 11 is 0. The molecule has 0 radical (unpaired) electrons. The summed E-state index contributed by atoms with van der Waals surface area (Å²) in [6.07, 6.45) is 3.91. The third-order valence-electron chi connectivity index (χ3n) is 10.0. The molecule has 4 heterocycles. The molecule has 0 aliphatic heterocycles. The van der Waals surface area contributed by atoms with Gasteiger partial charge in [-0.1, -0.05) is 121 Å². The van der Waals surface area contributed by atoms with Crippen LogP contribution in [0.2, 0.25) is 0 Å². The standard InChI is InChI=1S/C44H26N6/c1-3-13-27(14-4-1)43-45-25-35-29-17-7-8-18-30(29)36-26-46-44(48-40(36)39(35)47-43)50-38-22-12-10-20-32(38)34-24-23-33-31-19-9-11-21-37(31)49(41(33)42(34)50)28-15-5-2-6-16-28/h1-26H. The minimum absolute atomic E-state index is 0.595. The van der Waals surface area contributed by atoms with Crippen molar-refractivity contribution >= 4 is 76.2 Å². The highest BCUT2D eigenvalue weighted by atomic mass is 15.2. The largest absolute Gasteiger partial charge is 0.307 e. The van der Waals surface area contributed by atoms with Crippen LogP contribution in [0.4, 0.5) is 0 Å². The van der Waals surface area contributed by atoms with Crippen molar-refractivity contribution in [3.63, 3.8) is 0 Å². The molecule has 0 saturated heterocycles. The van der Waals surface area contributed by atoms with E-state index in [4.69, 9.17) is 19.9 Å². The molecule has 0 amide bonds. The Bertz CT molecular complexity index is 3140. The molecule has 6 nitrogen and oxygen atoms in total. The van der Waals surface area contributed by atoms with E-state index in [0.29, 0.717) is 11.8 Å². The first kappa shape index (κ1) is 27.1. The van der Waals surface area contributed by atoms with Gasteiger partial charge in [-0.2, -0.15) is 0 Å². The molecule has 0 spiro atoms. The number of fused-ring (bicyclic) bond motifs is 13. The van der Waals surface area contributed by atoms with E-state index < -0.39 is 0 Å². The zero-order valence-corrected chi connectivity index (χ0v) is 26.7. The molecule has 11 aromatic rings. The average molecular weight is 639 g/mol. The first-order chi connectivity index (χ1) is 24.8. The van der Waals surface area contributed by atoms with E-state index in [0.717, 1.165) is 76.7 Å². The van der Waals surface area contributed by atoms with Crippen molar-refractivity contribution in [2.24, 2.45) is 0 Å². The molecule has 0 bridgehead atoms. The van der Waals surface area contributed by atoms with Crippen molar-refractivity contribution in [3.05, 3.63) is 158 Å². The summed E-state index contributed by atoms with van der Waals surface area (Å²) in [5.41, 5.74) is 8.04. The Labute approximate surface area is 285 Å². The molecule has 6 heteroatoms. The Kier molecular flexibility index (Phi) is 5.57. The summed E-state index contributed by atoms with van der Waals surface area (Å²) in [7, 11) is 0. The molecule has 0 unspecified atom stereocenters. The fourth-order valence-corrected chi connectivity index (χ4v) is 7.85. The van der Waals surface area contributed by atoms with Crippen molar-refractivity contribution in [2.75, 3.05) is 0 Å². The second-order valence-electron chi connectivity index (χ2n) is 12.7. The third kappa shape index (κ3) is 3.73. The molecule has 0 aliphatic rings. The predicted octanol–water partition coefficient (Wildman–Crippen LogP) is 10.6. The van der Waals surface area contributed by atoms with Gasteiger partial charge < -0.3 is 4.57 Å². The molecule has 50 heavy (non-hydrogen) atoms. The summed E-state index contributed by atoms with van der Waals surface area (Å²) in [4.78, 5) is 20.6. The van der Waals surface area contributed by atoms with E-state index in [9.17, 15) is 0 Å². The maximum atomic E-state index is 5.45. The highest BCUT2D eigenvalue weighted by molar-refractivity contribution is 6.25. The quantitative estimate of drug-likeness (QED) is 0.181. The van der Waals surface area contributed by atoms with Crippen molar-refractivity contribution in [3.8, 4) is 23.0 Å². The third-order valence-corrected chi connectivity index (χ3v) is 10.0. The second kappa shape index (κ2) is 10.3. The first-order valence-corrected chi connectivity index (χ1v) is 16.7. The number of rotatable bonds is 3. The van der Waals surface area contributed by atoms with Gasteiger partial charge in [-0.3, -0.25) is 4.57 Å². The van der Waals surface area contributed by atoms with Crippen LogP contribution in [0.1, 0.15) is 0 Å². The van der Waals surface area contributed by atoms with Crippen LogP contribution in [0.25, 0.3) is 99.2 Å². The highest BCUT2D eigenvalue weighted by Gasteiger charge is 2.23. The Hall–Kier alpha value is -6.92. The van der Waals surface area contributed by atoms with Gasteiger partial charge in [0.25, 0.3) is 0 Å². The first-order valence-electron chi connectivity index (χ1n) is 16.7. The van der Waals surface area contributed by atoms with E-state index in [1.807, 2.05) is 42.7 Å². The van der Waals surface area contributed by atoms with Crippen LogP contribution >= 0.6 is 0 Å². The number of para-hydroxylation sites is 3. The number of benzene rings is 7. The minimum atomic E-state index is 0.595. The molecule has 7 aromatic carbocycles. The normalized spacial score (nSPS) is 12.0. The summed E-state index contributed by atoms with van der Waals surface area (Å²) in [6, 6.07) is 50.8. The van der Waals surface area contributed by atoms with Crippen molar-refractivity contribution in [1.82, 2.24) is 29.1 Å². The van der Waals surface area contributed by atoms with Gasteiger partial charge in [0.15, 0.2) is 5.82 Å². The second-order valence-corrected chi connectivity index (χ2v) is 12.7. The topological polar surface area (TPSA) is 61.4 Å². The van der Waals surface area contributed by atoms with Crippen LogP contribution in [0.15, 0.2) is 158 Å². The average Bonchev–Trinajstić information content (AvgIpc) is 3.71. The van der Waals surface area contributed by atoms with Gasteiger partial charge in [-0.15, -0.1) is 0 Å². The number of hydrogen-bond donors (Lipinski definition) is 0. The molecule has 0 saturated carbocycles. The lowest BCUT2D eigenvalue weighted by atomic mass is 10.0. The van der Waals surface area contributed by atoms with Gasteiger partial charge in [0.05, 0.1) is 22.1 Å². The molecule has 0 fully saturated rings. The molecular formula is C44H26N6. The molecule has 232 valence electrons. The van der Waals surface area contributed by atoms with E-state index in [2.05, 4.69) is 124 Å². The zero-order valence-electron chi connectivity index (χ0n) is 26.7. The van der Waals surface area contributed by atoms with Gasteiger partial charge in [-0.05, 0) is 35.0 Å². The van der Waals surface area contributed by atoms with Gasteiger partial charge in [-0.25, -0.2) is 19.9 Å². The summed E-state index contributed by atoms with van der Waals surface area (Å²) < 4.78 is 4.62. The lowest BCUT2D eigenvalue weighted by Gasteiger charge is -2.13. The van der Waals surface area contributed by atoms with Crippen molar-refractivity contribution in [2.45, 2.75) is 0 Å². The zero-order chi connectivity index (χ0) is 32.8. The summed E-state index contributed by atoms with van der Waals surface area (Å²) in [6.45, 7) is 0. The Morgan fingerprint density at radius 1 is 0.360 bits per heavy atom. The molecule has 0 N–H and O–H groups in total. The number of nitrogens with zero attached hydrogens (tertiary/aromatic N) is 6. The molecular weight excluding hydrogens is 613 g/mol. The van der Waals surface area contributed by atoms with Gasteiger partial charge >= 0.3 is 0 Å². The molecule has 4 aromatic heterocycles. The van der Waals surface area contributed by atoms with E-state index >= 15 is 0 Å². The Morgan fingerprint density at radius 2 is 0.860 bits per heavy atom. The van der Waals surface area contributed by atoms with Crippen LogP contribution in [-0.2, 0) is 0 Å². The predicted molar refractivity (Wildman–Crippen MR) is 204 cm³/mol. The van der Waals surface area contributed by atoms with E-state index in [-0.39, 0.29) is 0 Å². The SMILES string of the molecule is c1ccc(-c2ncc3c4ccccc4c4cnc(-n5c6ccccc6c6ccc7c8ccccc8n(-c8ccccc8)c7c65)nc4c3n2)cc1. The fourth-order valence-electron chi connectivity index (χ4n) is 7.85. The Balaban J connectivity index is 1.31. The lowest BCUT2D eigenvalue weighted by molar-refractivity contribution is 1.01. The number of hydrogen-bond acceptors (Lipinski definition) is 4. The fraction of sp³-hybridized carbons (Fsp3) is 0. The Morgan fingerprint density at radius 3 is 1.52 bits per heavy atom. The maximum Gasteiger partial charge on any atom is 0.235 e. The van der Waals surface area contributed by atoms with Crippen LogP contribution in [0.3, 0.4) is 0 Å². The highest BCUT2D eigenvalue weighted by Crippen LogP contribution is 2.42. The maximum absolute atomic E-state index is 5.45. The number of aromatic nitrogens is 6. The molecule has 11 rings (SSSR count). The monoisotopic (exact) mass is 638 g/mol. The van der Waals surface area contributed by atoms with Gasteiger partial charge in [0.1, 0.15) is 11.0 Å². The smallest absolute Gasteiger partial charge is 0.235 e. The van der Waals surface area contributed by atoms with Crippen molar-refractivity contribution < 1.29 is 0 Å². The lowest BCUT2D eigenvalue weighted by Crippen LogP contribution is -2.04. The van der Waals surface area contributed by atoms with E-state index in [1.165, 1.54) is 10.8 Å². The van der Waals surface area contributed by atoms with Crippen LogP contribution in [-0.4, -0.2) is 29.1 Å².